The van der Waals surface area contributed by atoms with Crippen molar-refractivity contribution in [3.05, 3.63) is 0 Å². The van der Waals surface area contributed by atoms with Crippen LogP contribution in [0, 0.1) is 5.92 Å². The molecule has 6 nitrogen and oxygen atoms in total. The molecule has 20 heavy (non-hydrogen) atoms. The summed E-state index contributed by atoms with van der Waals surface area (Å²) < 4.78 is 10.2. The lowest BCUT2D eigenvalue weighted by Gasteiger charge is -2.37. The Hall–Kier alpha value is -1.30. The normalized spacial score (nSPS) is 23.4. The van der Waals surface area contributed by atoms with Crippen molar-refractivity contribution in [2.45, 2.75) is 52.2 Å². The van der Waals surface area contributed by atoms with Gasteiger partial charge < -0.3 is 19.7 Å². The molecular formula is C14H26N2O4. The second kappa shape index (κ2) is 6.92. The van der Waals surface area contributed by atoms with Crippen LogP contribution >= 0.6 is 0 Å². The Bertz CT molecular complexity index is 352. The number of ether oxygens (including phenoxy) is 2. The van der Waals surface area contributed by atoms with Crippen molar-refractivity contribution in [1.82, 2.24) is 10.2 Å². The Morgan fingerprint density at radius 2 is 2.00 bits per heavy atom. The zero-order valence-corrected chi connectivity index (χ0v) is 13.1. The van der Waals surface area contributed by atoms with Gasteiger partial charge in [0.2, 0.25) is 5.91 Å². The molecule has 0 aliphatic carbocycles. The summed E-state index contributed by atoms with van der Waals surface area (Å²) in [5.41, 5.74) is -0.497. The number of hydrogen-bond acceptors (Lipinski definition) is 4. The molecular weight excluding hydrogens is 260 g/mol. The number of carbonyl (C=O) groups is 2. The van der Waals surface area contributed by atoms with Gasteiger partial charge in [0.1, 0.15) is 12.3 Å². The Kier molecular flexibility index (Phi) is 5.80. The fourth-order valence-corrected chi connectivity index (χ4v) is 2.29. The largest absolute Gasteiger partial charge is 0.444 e. The van der Waals surface area contributed by atoms with E-state index in [9.17, 15) is 9.59 Å². The molecule has 6 heteroatoms. The average Bonchev–Trinajstić information content (AvgIpc) is 2.33. The highest BCUT2D eigenvalue weighted by atomic mass is 16.6. The minimum absolute atomic E-state index is 0.00288. The van der Waals surface area contributed by atoms with E-state index in [1.807, 2.05) is 27.7 Å². The van der Waals surface area contributed by atoms with E-state index in [1.165, 1.54) is 7.11 Å². The predicted octanol–water partition coefficient (Wildman–Crippen LogP) is 1.74. The molecule has 0 aromatic rings. The fraction of sp³-hybridized carbons (Fsp3) is 0.857. The molecule has 1 saturated heterocycles. The summed E-state index contributed by atoms with van der Waals surface area (Å²) in [4.78, 5) is 25.6. The van der Waals surface area contributed by atoms with Crippen molar-refractivity contribution in [3.8, 4) is 0 Å². The molecule has 116 valence electrons. The van der Waals surface area contributed by atoms with Crippen LogP contribution in [-0.4, -0.2) is 48.9 Å². The number of carbonyl (C=O) groups excluding carboxylic acids is 2. The van der Waals surface area contributed by atoms with Crippen LogP contribution in [0.15, 0.2) is 0 Å². The third kappa shape index (κ3) is 5.00. The van der Waals surface area contributed by atoms with E-state index in [0.717, 1.165) is 0 Å². The van der Waals surface area contributed by atoms with Gasteiger partial charge in [-0.1, -0.05) is 0 Å². The maximum atomic E-state index is 12.1. The van der Waals surface area contributed by atoms with Gasteiger partial charge in [-0.2, -0.15) is 0 Å². The average molecular weight is 286 g/mol. The van der Waals surface area contributed by atoms with E-state index < -0.39 is 5.60 Å². The SMILES string of the molecule is COCNC(=O)C1CCN(C(=O)OC(C)(C)C)C(C)C1. The molecule has 1 aliphatic rings. The quantitative estimate of drug-likeness (QED) is 0.802. The second-order valence-corrected chi connectivity index (χ2v) is 6.22. The van der Waals surface area contributed by atoms with E-state index in [0.29, 0.717) is 19.4 Å². The minimum atomic E-state index is -0.497. The molecule has 2 amide bonds. The highest BCUT2D eigenvalue weighted by molar-refractivity contribution is 5.79. The number of methoxy groups -OCH3 is 1. The molecule has 1 aliphatic heterocycles. The standard InChI is InChI=1S/C14H26N2O4/c1-10-8-11(12(17)15-9-19-5)6-7-16(10)13(18)20-14(2,3)4/h10-11H,6-9H2,1-5H3,(H,15,17). The van der Waals surface area contributed by atoms with Crippen molar-refractivity contribution < 1.29 is 19.1 Å². The van der Waals surface area contributed by atoms with E-state index in [1.54, 1.807) is 4.90 Å². The third-order valence-electron chi connectivity index (χ3n) is 3.27. The zero-order valence-electron chi connectivity index (χ0n) is 13.1. The summed E-state index contributed by atoms with van der Waals surface area (Å²) in [6, 6.07) is -0.00288. The third-order valence-corrected chi connectivity index (χ3v) is 3.27. The Balaban J connectivity index is 2.51. The van der Waals surface area contributed by atoms with Crippen LogP contribution in [0.25, 0.3) is 0 Å². The number of likely N-dealkylation sites (tertiary alicyclic amines) is 1. The number of hydrogen-bond donors (Lipinski definition) is 1. The zero-order chi connectivity index (χ0) is 15.3. The van der Waals surface area contributed by atoms with E-state index in [-0.39, 0.29) is 30.7 Å². The maximum Gasteiger partial charge on any atom is 0.410 e. The first-order valence-electron chi connectivity index (χ1n) is 7.01. The van der Waals surface area contributed by atoms with Crippen molar-refractivity contribution in [1.29, 1.82) is 0 Å². The monoisotopic (exact) mass is 286 g/mol. The van der Waals surface area contributed by atoms with Crippen molar-refractivity contribution in [3.63, 3.8) is 0 Å². The molecule has 0 saturated carbocycles. The summed E-state index contributed by atoms with van der Waals surface area (Å²) >= 11 is 0. The highest BCUT2D eigenvalue weighted by Crippen LogP contribution is 2.24. The predicted molar refractivity (Wildman–Crippen MR) is 75.1 cm³/mol. The fourth-order valence-electron chi connectivity index (χ4n) is 2.29. The molecule has 2 unspecified atom stereocenters. The Morgan fingerprint density at radius 1 is 1.35 bits per heavy atom. The molecule has 1 rings (SSSR count). The topological polar surface area (TPSA) is 67.9 Å². The van der Waals surface area contributed by atoms with Gasteiger partial charge >= 0.3 is 6.09 Å². The van der Waals surface area contributed by atoms with E-state index in [4.69, 9.17) is 9.47 Å². The molecule has 0 bridgehead atoms. The van der Waals surface area contributed by atoms with Crippen molar-refractivity contribution >= 4 is 12.0 Å². The summed E-state index contributed by atoms with van der Waals surface area (Å²) in [7, 11) is 1.54. The van der Waals surface area contributed by atoms with Crippen LogP contribution in [0.4, 0.5) is 4.79 Å². The number of rotatable bonds is 3. The van der Waals surface area contributed by atoms with Gasteiger partial charge in [0.15, 0.2) is 0 Å². The molecule has 0 spiro atoms. The number of nitrogens with one attached hydrogen (secondary N) is 1. The van der Waals surface area contributed by atoms with Gasteiger partial charge in [-0.05, 0) is 40.5 Å². The summed E-state index contributed by atoms with van der Waals surface area (Å²) in [6.45, 7) is 8.25. The van der Waals surface area contributed by atoms with Gasteiger partial charge in [-0.25, -0.2) is 4.79 Å². The molecule has 0 aromatic heterocycles. The van der Waals surface area contributed by atoms with E-state index in [2.05, 4.69) is 5.32 Å². The van der Waals surface area contributed by atoms with Gasteiger partial charge in [-0.15, -0.1) is 0 Å². The molecule has 0 radical (unpaired) electrons. The van der Waals surface area contributed by atoms with Crippen LogP contribution in [0.1, 0.15) is 40.5 Å². The van der Waals surface area contributed by atoms with Crippen LogP contribution in [0.2, 0.25) is 0 Å². The van der Waals surface area contributed by atoms with Gasteiger partial charge in [0.05, 0.1) is 0 Å². The minimum Gasteiger partial charge on any atom is -0.444 e. The lowest BCUT2D eigenvalue weighted by molar-refractivity contribution is -0.128. The first-order chi connectivity index (χ1) is 9.24. The van der Waals surface area contributed by atoms with E-state index >= 15 is 0 Å². The highest BCUT2D eigenvalue weighted by Gasteiger charge is 2.34. The Labute approximate surface area is 120 Å². The van der Waals surface area contributed by atoms with Gasteiger partial charge in [0.25, 0.3) is 0 Å². The molecule has 2 atom stereocenters. The van der Waals surface area contributed by atoms with Crippen molar-refractivity contribution in [2.75, 3.05) is 20.4 Å². The van der Waals surface area contributed by atoms with Crippen molar-refractivity contribution in [2.24, 2.45) is 5.92 Å². The summed E-state index contributed by atoms with van der Waals surface area (Å²) in [5.74, 6) is -0.0821. The van der Waals surface area contributed by atoms with Crippen LogP contribution in [0.5, 0.6) is 0 Å². The second-order valence-electron chi connectivity index (χ2n) is 6.22. The number of nitrogens with zero attached hydrogens (tertiary/aromatic N) is 1. The molecule has 1 heterocycles. The van der Waals surface area contributed by atoms with Crippen LogP contribution in [0.3, 0.4) is 0 Å². The van der Waals surface area contributed by atoms with Crippen LogP contribution < -0.4 is 5.32 Å². The van der Waals surface area contributed by atoms with Gasteiger partial charge in [0, 0.05) is 25.6 Å². The molecule has 0 aromatic carbocycles. The Morgan fingerprint density at radius 3 is 2.50 bits per heavy atom. The first-order valence-corrected chi connectivity index (χ1v) is 7.01. The first kappa shape index (κ1) is 16.8. The maximum absolute atomic E-state index is 12.1. The number of piperidine rings is 1. The lowest BCUT2D eigenvalue weighted by atomic mass is 9.91. The molecule has 1 N–H and O–H groups in total. The smallest absolute Gasteiger partial charge is 0.410 e. The summed E-state index contributed by atoms with van der Waals surface area (Å²) in [5, 5.41) is 2.71. The lowest BCUT2D eigenvalue weighted by Crippen LogP contribution is -2.49. The number of amides is 2. The molecule has 1 fully saturated rings. The van der Waals surface area contributed by atoms with Gasteiger partial charge in [-0.3, -0.25) is 4.79 Å². The summed E-state index contributed by atoms with van der Waals surface area (Å²) in [6.07, 6.45) is 0.995. The van der Waals surface area contributed by atoms with Crippen LogP contribution in [-0.2, 0) is 14.3 Å².